The Morgan fingerprint density at radius 3 is 2.60 bits per heavy atom. The Kier molecular flexibility index (Phi) is 3.49. The number of rotatable bonds is 3. The second-order valence-electron chi connectivity index (χ2n) is 1.96. The highest BCUT2D eigenvalue weighted by atomic mass is 16.4. The third kappa shape index (κ3) is 3.09. The predicted molar refractivity (Wildman–Crippen MR) is 38.2 cm³/mol. The van der Waals surface area contributed by atoms with Crippen molar-refractivity contribution in [3.8, 4) is 0 Å². The molecule has 0 saturated carbocycles. The minimum absolute atomic E-state index is 0.509. The SMILES string of the molecule is CC/C(N)=C/C(N)C(=O)O. The monoisotopic (exact) mass is 144 g/mol. The van der Waals surface area contributed by atoms with E-state index in [1.165, 1.54) is 6.08 Å². The lowest BCUT2D eigenvalue weighted by atomic mass is 10.2. The van der Waals surface area contributed by atoms with Crippen LogP contribution in [0.5, 0.6) is 0 Å². The van der Waals surface area contributed by atoms with Crippen LogP contribution in [0.15, 0.2) is 11.8 Å². The molecule has 0 aromatic carbocycles. The molecule has 0 radical (unpaired) electrons. The van der Waals surface area contributed by atoms with Gasteiger partial charge >= 0.3 is 5.97 Å². The Labute approximate surface area is 59.5 Å². The van der Waals surface area contributed by atoms with Gasteiger partial charge in [0.15, 0.2) is 0 Å². The van der Waals surface area contributed by atoms with Gasteiger partial charge in [0.25, 0.3) is 0 Å². The van der Waals surface area contributed by atoms with Gasteiger partial charge in [-0.15, -0.1) is 0 Å². The number of hydrogen-bond acceptors (Lipinski definition) is 3. The Hall–Kier alpha value is -1.03. The molecule has 0 aliphatic rings. The Bertz CT molecular complexity index is 154. The standard InChI is InChI=1S/C6H12N2O2/c1-2-4(7)3-5(8)6(9)10/h3,5H,2,7-8H2,1H3,(H,9,10)/b4-3-. The number of nitrogens with two attached hydrogens (primary N) is 2. The minimum atomic E-state index is -1.06. The topological polar surface area (TPSA) is 89.3 Å². The molecule has 0 bridgehead atoms. The molecule has 4 nitrogen and oxygen atoms in total. The lowest BCUT2D eigenvalue weighted by molar-refractivity contribution is -0.137. The fourth-order valence-electron chi connectivity index (χ4n) is 0.420. The van der Waals surface area contributed by atoms with E-state index in [0.29, 0.717) is 12.1 Å². The number of allylic oxidation sites excluding steroid dienone is 1. The van der Waals surface area contributed by atoms with E-state index < -0.39 is 12.0 Å². The number of carbonyl (C=O) groups is 1. The van der Waals surface area contributed by atoms with Crippen LogP contribution in [0, 0.1) is 0 Å². The molecule has 0 spiro atoms. The van der Waals surface area contributed by atoms with Crippen LogP contribution >= 0.6 is 0 Å². The van der Waals surface area contributed by atoms with Gasteiger partial charge in [0.05, 0.1) is 0 Å². The van der Waals surface area contributed by atoms with Crippen LogP contribution in [-0.2, 0) is 4.79 Å². The fourth-order valence-corrected chi connectivity index (χ4v) is 0.420. The van der Waals surface area contributed by atoms with Crippen molar-refractivity contribution in [1.82, 2.24) is 0 Å². The van der Waals surface area contributed by atoms with Crippen molar-refractivity contribution >= 4 is 5.97 Å². The zero-order valence-electron chi connectivity index (χ0n) is 5.87. The highest BCUT2D eigenvalue weighted by molar-refractivity contribution is 5.75. The van der Waals surface area contributed by atoms with E-state index in [0.717, 1.165) is 0 Å². The summed E-state index contributed by atoms with van der Waals surface area (Å²) in [6.45, 7) is 1.83. The molecular weight excluding hydrogens is 132 g/mol. The van der Waals surface area contributed by atoms with E-state index in [2.05, 4.69) is 0 Å². The number of hydrogen-bond donors (Lipinski definition) is 3. The van der Waals surface area contributed by atoms with Crippen LogP contribution in [0.25, 0.3) is 0 Å². The van der Waals surface area contributed by atoms with Crippen molar-refractivity contribution in [1.29, 1.82) is 0 Å². The van der Waals surface area contributed by atoms with Crippen molar-refractivity contribution < 1.29 is 9.90 Å². The normalized spacial score (nSPS) is 14.8. The molecule has 10 heavy (non-hydrogen) atoms. The Morgan fingerprint density at radius 2 is 2.30 bits per heavy atom. The molecule has 5 N–H and O–H groups in total. The molecular formula is C6H12N2O2. The summed E-state index contributed by atoms with van der Waals surface area (Å²) >= 11 is 0. The second-order valence-corrected chi connectivity index (χ2v) is 1.96. The van der Waals surface area contributed by atoms with E-state index in [-0.39, 0.29) is 0 Å². The van der Waals surface area contributed by atoms with Crippen LogP contribution in [0.1, 0.15) is 13.3 Å². The number of carboxylic acids is 1. The first-order valence-electron chi connectivity index (χ1n) is 3.02. The summed E-state index contributed by atoms with van der Waals surface area (Å²) in [7, 11) is 0. The molecule has 0 fully saturated rings. The summed E-state index contributed by atoms with van der Waals surface area (Å²) < 4.78 is 0. The smallest absolute Gasteiger partial charge is 0.324 e. The molecule has 58 valence electrons. The van der Waals surface area contributed by atoms with E-state index in [9.17, 15) is 4.79 Å². The van der Waals surface area contributed by atoms with Crippen LogP contribution in [-0.4, -0.2) is 17.1 Å². The molecule has 0 aromatic heterocycles. The maximum Gasteiger partial charge on any atom is 0.324 e. The van der Waals surface area contributed by atoms with Gasteiger partial charge in [-0.3, -0.25) is 4.79 Å². The van der Waals surface area contributed by atoms with Gasteiger partial charge in [0.1, 0.15) is 6.04 Å². The summed E-state index contributed by atoms with van der Waals surface area (Å²) in [6, 6.07) is -0.972. The highest BCUT2D eigenvalue weighted by Gasteiger charge is 2.06. The van der Waals surface area contributed by atoms with Crippen molar-refractivity contribution in [2.45, 2.75) is 19.4 Å². The largest absolute Gasteiger partial charge is 0.480 e. The van der Waals surface area contributed by atoms with Crippen LogP contribution in [0.3, 0.4) is 0 Å². The molecule has 0 amide bonds. The molecule has 1 atom stereocenters. The first kappa shape index (κ1) is 8.97. The lowest BCUT2D eigenvalue weighted by Crippen LogP contribution is -2.28. The van der Waals surface area contributed by atoms with E-state index in [4.69, 9.17) is 16.6 Å². The second kappa shape index (κ2) is 3.90. The molecule has 0 aliphatic heterocycles. The molecule has 0 aromatic rings. The predicted octanol–water partition coefficient (Wildman–Crippen LogP) is -0.349. The van der Waals surface area contributed by atoms with Crippen molar-refractivity contribution in [2.75, 3.05) is 0 Å². The summed E-state index contributed by atoms with van der Waals surface area (Å²) in [5.41, 5.74) is 11.0. The van der Waals surface area contributed by atoms with Crippen molar-refractivity contribution in [3.63, 3.8) is 0 Å². The lowest BCUT2D eigenvalue weighted by Gasteiger charge is -2.00. The molecule has 0 rings (SSSR count). The molecule has 4 heteroatoms. The van der Waals surface area contributed by atoms with Gasteiger partial charge in [-0.1, -0.05) is 6.92 Å². The zero-order valence-corrected chi connectivity index (χ0v) is 5.87. The molecule has 0 aliphatic carbocycles. The third-order valence-corrected chi connectivity index (χ3v) is 1.09. The Morgan fingerprint density at radius 1 is 1.80 bits per heavy atom. The average molecular weight is 144 g/mol. The van der Waals surface area contributed by atoms with Gasteiger partial charge < -0.3 is 16.6 Å². The molecule has 0 heterocycles. The van der Waals surface area contributed by atoms with Crippen molar-refractivity contribution in [2.24, 2.45) is 11.5 Å². The average Bonchev–Trinajstić information content (AvgIpc) is 1.87. The molecule has 0 saturated heterocycles. The summed E-state index contributed by atoms with van der Waals surface area (Å²) in [5, 5.41) is 8.30. The van der Waals surface area contributed by atoms with Crippen LogP contribution in [0.2, 0.25) is 0 Å². The van der Waals surface area contributed by atoms with E-state index >= 15 is 0 Å². The maximum absolute atomic E-state index is 10.1. The van der Waals surface area contributed by atoms with Gasteiger partial charge in [0, 0.05) is 5.70 Å². The first-order chi connectivity index (χ1) is 4.57. The fraction of sp³-hybridized carbons (Fsp3) is 0.500. The zero-order chi connectivity index (χ0) is 8.15. The van der Waals surface area contributed by atoms with Gasteiger partial charge in [0.2, 0.25) is 0 Å². The van der Waals surface area contributed by atoms with Crippen LogP contribution < -0.4 is 11.5 Å². The number of aliphatic carboxylic acids is 1. The summed E-state index contributed by atoms with van der Waals surface area (Å²) in [4.78, 5) is 10.1. The van der Waals surface area contributed by atoms with E-state index in [1.807, 2.05) is 6.92 Å². The van der Waals surface area contributed by atoms with Gasteiger partial charge in [-0.25, -0.2) is 0 Å². The van der Waals surface area contributed by atoms with Gasteiger partial charge in [-0.05, 0) is 12.5 Å². The third-order valence-electron chi connectivity index (χ3n) is 1.09. The van der Waals surface area contributed by atoms with Crippen molar-refractivity contribution in [3.05, 3.63) is 11.8 Å². The first-order valence-corrected chi connectivity index (χ1v) is 3.02. The van der Waals surface area contributed by atoms with E-state index in [1.54, 1.807) is 0 Å². The maximum atomic E-state index is 10.1. The summed E-state index contributed by atoms with van der Waals surface area (Å²) in [6.07, 6.45) is 1.96. The minimum Gasteiger partial charge on any atom is -0.480 e. The Balaban J connectivity index is 3.99. The summed E-state index contributed by atoms with van der Waals surface area (Å²) in [5.74, 6) is -1.06. The quantitative estimate of drug-likeness (QED) is 0.505. The van der Waals surface area contributed by atoms with Gasteiger partial charge in [-0.2, -0.15) is 0 Å². The highest BCUT2D eigenvalue weighted by Crippen LogP contribution is 1.92. The number of carboxylic acid groups (broad SMARTS) is 1. The van der Waals surface area contributed by atoms with Crippen LogP contribution in [0.4, 0.5) is 0 Å². The molecule has 1 unspecified atom stereocenters.